The van der Waals surface area contributed by atoms with E-state index in [1.54, 1.807) is 6.07 Å². The first-order chi connectivity index (χ1) is 22.7. The Morgan fingerprint density at radius 3 is 2.55 bits per heavy atom. The molecule has 9 nitrogen and oxygen atoms in total. The van der Waals surface area contributed by atoms with Gasteiger partial charge in [-0.1, -0.05) is 67.9 Å². The first kappa shape index (κ1) is 34.3. The maximum atomic E-state index is 13.7. The van der Waals surface area contributed by atoms with Crippen molar-refractivity contribution >= 4 is 34.5 Å². The van der Waals surface area contributed by atoms with E-state index in [1.165, 1.54) is 7.05 Å². The van der Waals surface area contributed by atoms with E-state index >= 15 is 0 Å². The van der Waals surface area contributed by atoms with Crippen molar-refractivity contribution in [2.75, 3.05) is 33.8 Å². The third-order valence-corrected chi connectivity index (χ3v) is 9.30. The SMILES string of the molecule is CNCc1ccc(C(=O)N2CCC[C@@H]([C@@](O)(CCCOC(=O)NC)c3cccc(Cl)c3-c3nc(C(C)C)c4ccccc4n3)C2)cc1. The Morgan fingerprint density at radius 2 is 1.83 bits per heavy atom. The normalized spacial score (nSPS) is 16.2. The molecule has 2 amide bonds. The Kier molecular flexibility index (Phi) is 11.1. The molecule has 0 bridgehead atoms. The molecule has 5 rings (SSSR count). The van der Waals surface area contributed by atoms with E-state index in [0.29, 0.717) is 53.5 Å². The summed E-state index contributed by atoms with van der Waals surface area (Å²) in [5, 5.41) is 19.9. The van der Waals surface area contributed by atoms with Gasteiger partial charge in [-0.25, -0.2) is 14.8 Å². The molecule has 3 N–H and O–H groups in total. The number of piperidine rings is 1. The van der Waals surface area contributed by atoms with Crippen LogP contribution in [0.5, 0.6) is 0 Å². The molecule has 47 heavy (non-hydrogen) atoms. The largest absolute Gasteiger partial charge is 0.450 e. The van der Waals surface area contributed by atoms with Gasteiger partial charge in [0, 0.05) is 49.1 Å². The lowest BCUT2D eigenvalue weighted by Gasteiger charge is -2.43. The molecular weight excluding hydrogens is 614 g/mol. The molecular formula is C37H44ClN5O4. The van der Waals surface area contributed by atoms with Gasteiger partial charge < -0.3 is 25.4 Å². The molecule has 248 valence electrons. The molecule has 0 spiro atoms. The summed E-state index contributed by atoms with van der Waals surface area (Å²) in [6.07, 6.45) is 1.55. The molecule has 1 aromatic heterocycles. The minimum atomic E-state index is -1.44. The van der Waals surface area contributed by atoms with E-state index in [-0.39, 0.29) is 30.8 Å². The smallest absolute Gasteiger partial charge is 0.406 e. The number of hydrogen-bond acceptors (Lipinski definition) is 7. The number of nitrogens with one attached hydrogen (secondary N) is 2. The highest BCUT2D eigenvalue weighted by atomic mass is 35.5. The third-order valence-electron chi connectivity index (χ3n) is 8.99. The topological polar surface area (TPSA) is 117 Å². The summed E-state index contributed by atoms with van der Waals surface area (Å²) >= 11 is 6.97. The van der Waals surface area contributed by atoms with E-state index < -0.39 is 11.7 Å². The van der Waals surface area contributed by atoms with Gasteiger partial charge in [-0.15, -0.1) is 0 Å². The predicted octanol–water partition coefficient (Wildman–Crippen LogP) is 6.67. The Labute approximate surface area is 281 Å². The monoisotopic (exact) mass is 657 g/mol. The number of hydrogen-bond donors (Lipinski definition) is 3. The molecule has 3 aromatic carbocycles. The first-order valence-corrected chi connectivity index (χ1v) is 16.7. The minimum Gasteiger partial charge on any atom is -0.450 e. The standard InChI is InChI=1S/C37H44ClN5O4/c1-24(2)33-28-11-5-6-14-31(28)41-34(42-33)32-29(12-7-13-30(32)38)37(46,19-9-21-47-36(45)40-4)27-10-8-20-43(23-27)35(44)26-17-15-25(16-18-26)22-39-3/h5-7,11-18,24,27,39,46H,8-10,19-23H2,1-4H3,(H,40,45)/t27-,37+/m1/s1. The second-order valence-electron chi connectivity index (χ2n) is 12.5. The molecule has 4 aromatic rings. The molecule has 1 aliphatic heterocycles. The van der Waals surface area contributed by atoms with Crippen molar-refractivity contribution in [3.8, 4) is 11.4 Å². The van der Waals surface area contributed by atoms with Crippen molar-refractivity contribution in [3.05, 3.63) is 94.1 Å². The van der Waals surface area contributed by atoms with Crippen molar-refractivity contribution in [3.63, 3.8) is 0 Å². The van der Waals surface area contributed by atoms with Gasteiger partial charge in [-0.05, 0) is 74.0 Å². The van der Waals surface area contributed by atoms with Crippen LogP contribution in [0.15, 0.2) is 66.7 Å². The Balaban J connectivity index is 1.55. The van der Waals surface area contributed by atoms with Crippen LogP contribution >= 0.6 is 11.6 Å². The van der Waals surface area contributed by atoms with Crippen LogP contribution in [0.25, 0.3) is 22.3 Å². The zero-order chi connectivity index (χ0) is 33.6. The minimum absolute atomic E-state index is 0.0678. The summed E-state index contributed by atoms with van der Waals surface area (Å²) in [6.45, 7) is 5.98. The van der Waals surface area contributed by atoms with Crippen LogP contribution in [0.4, 0.5) is 4.79 Å². The van der Waals surface area contributed by atoms with Crippen LogP contribution in [-0.2, 0) is 16.9 Å². The first-order valence-electron chi connectivity index (χ1n) is 16.3. The highest BCUT2D eigenvalue weighted by Crippen LogP contribution is 2.45. The van der Waals surface area contributed by atoms with Gasteiger partial charge in [-0.2, -0.15) is 0 Å². The summed E-state index contributed by atoms with van der Waals surface area (Å²) in [4.78, 5) is 37.4. The molecule has 0 saturated carbocycles. The fraction of sp³-hybridized carbons (Fsp3) is 0.405. The van der Waals surface area contributed by atoms with Crippen molar-refractivity contribution in [2.24, 2.45) is 5.92 Å². The molecule has 1 fully saturated rings. The summed E-state index contributed by atoms with van der Waals surface area (Å²) in [7, 11) is 3.40. The number of fused-ring (bicyclic) bond motifs is 1. The van der Waals surface area contributed by atoms with Crippen molar-refractivity contribution in [2.45, 2.75) is 57.6 Å². The fourth-order valence-corrected chi connectivity index (χ4v) is 6.86. The molecule has 1 aliphatic rings. The maximum Gasteiger partial charge on any atom is 0.406 e. The number of likely N-dealkylation sites (tertiary alicyclic amines) is 1. The summed E-state index contributed by atoms with van der Waals surface area (Å²) in [5.41, 5.74) is 3.14. The number of aromatic nitrogens is 2. The van der Waals surface area contributed by atoms with Gasteiger partial charge in [0.15, 0.2) is 5.82 Å². The number of aliphatic hydroxyl groups is 1. The lowest BCUT2D eigenvalue weighted by molar-refractivity contribution is -0.0589. The molecule has 0 unspecified atom stereocenters. The summed E-state index contributed by atoms with van der Waals surface area (Å²) in [6, 6.07) is 21.0. The predicted molar refractivity (Wildman–Crippen MR) is 185 cm³/mol. The van der Waals surface area contributed by atoms with Crippen LogP contribution in [0.3, 0.4) is 0 Å². The third kappa shape index (κ3) is 7.59. The Hall–Kier alpha value is -4.05. The van der Waals surface area contributed by atoms with Gasteiger partial charge >= 0.3 is 6.09 Å². The van der Waals surface area contributed by atoms with E-state index in [4.69, 9.17) is 26.3 Å². The van der Waals surface area contributed by atoms with E-state index in [0.717, 1.165) is 35.1 Å². The van der Waals surface area contributed by atoms with Gasteiger partial charge in [0.05, 0.1) is 28.4 Å². The number of halogens is 1. The van der Waals surface area contributed by atoms with Crippen LogP contribution in [0, 0.1) is 5.92 Å². The number of ether oxygens (including phenoxy) is 1. The number of rotatable bonds is 11. The summed E-state index contributed by atoms with van der Waals surface area (Å²) in [5.74, 6) is 0.171. The number of carbonyl (C=O) groups is 2. The zero-order valence-corrected chi connectivity index (χ0v) is 28.3. The van der Waals surface area contributed by atoms with Gasteiger partial charge in [0.2, 0.25) is 0 Å². The molecule has 10 heteroatoms. The van der Waals surface area contributed by atoms with Crippen LogP contribution in [0.1, 0.15) is 72.6 Å². The van der Waals surface area contributed by atoms with Gasteiger partial charge in [0.1, 0.15) is 0 Å². The second kappa shape index (κ2) is 15.2. The molecule has 1 saturated heterocycles. The Bertz CT molecular complexity index is 1710. The van der Waals surface area contributed by atoms with E-state index in [9.17, 15) is 14.7 Å². The highest BCUT2D eigenvalue weighted by molar-refractivity contribution is 6.33. The lowest BCUT2D eigenvalue weighted by atomic mass is 9.72. The lowest BCUT2D eigenvalue weighted by Crippen LogP contribution is -2.48. The maximum absolute atomic E-state index is 13.7. The highest BCUT2D eigenvalue weighted by Gasteiger charge is 2.43. The Morgan fingerprint density at radius 1 is 1.06 bits per heavy atom. The van der Waals surface area contributed by atoms with Crippen LogP contribution in [-0.4, -0.2) is 65.8 Å². The number of benzene rings is 3. The fourth-order valence-electron chi connectivity index (χ4n) is 6.61. The van der Waals surface area contributed by atoms with Gasteiger partial charge in [-0.3, -0.25) is 4.79 Å². The number of carbonyl (C=O) groups excluding carboxylic acids is 2. The number of para-hydroxylation sites is 1. The molecule has 2 atom stereocenters. The zero-order valence-electron chi connectivity index (χ0n) is 27.6. The second-order valence-corrected chi connectivity index (χ2v) is 12.9. The van der Waals surface area contributed by atoms with Crippen molar-refractivity contribution < 1.29 is 19.4 Å². The number of alkyl carbamates (subject to hydrolysis) is 1. The quantitative estimate of drug-likeness (QED) is 0.154. The van der Waals surface area contributed by atoms with Crippen molar-refractivity contribution in [1.82, 2.24) is 25.5 Å². The average molecular weight is 658 g/mol. The van der Waals surface area contributed by atoms with E-state index in [2.05, 4.69) is 24.5 Å². The molecule has 0 radical (unpaired) electrons. The molecule has 0 aliphatic carbocycles. The molecule has 2 heterocycles. The van der Waals surface area contributed by atoms with Crippen LogP contribution < -0.4 is 10.6 Å². The average Bonchev–Trinajstić information content (AvgIpc) is 3.09. The number of nitrogens with zero attached hydrogens (tertiary/aromatic N) is 3. The summed E-state index contributed by atoms with van der Waals surface area (Å²) < 4.78 is 5.30. The van der Waals surface area contributed by atoms with Gasteiger partial charge in [0.25, 0.3) is 5.91 Å². The van der Waals surface area contributed by atoms with Crippen LogP contribution in [0.2, 0.25) is 5.02 Å². The van der Waals surface area contributed by atoms with E-state index in [1.807, 2.05) is 72.6 Å². The van der Waals surface area contributed by atoms with Crippen molar-refractivity contribution in [1.29, 1.82) is 0 Å². The number of amides is 2.